The van der Waals surface area contributed by atoms with Crippen molar-refractivity contribution in [2.24, 2.45) is 0 Å². The third kappa shape index (κ3) is 2.89. The van der Waals surface area contributed by atoms with Gasteiger partial charge in [-0.1, -0.05) is 11.6 Å². The number of rotatable bonds is 3. The number of hydrogen-bond donors (Lipinski definition) is 2. The van der Waals surface area contributed by atoms with E-state index in [1.54, 1.807) is 4.90 Å². The number of amides is 1. The predicted molar refractivity (Wildman–Crippen MR) is 93.4 cm³/mol. The number of β-amino-alcohol motifs (C(OH)–C–C–N with tert-alkyl or cyclic N) is 1. The van der Waals surface area contributed by atoms with Gasteiger partial charge >= 0.3 is 0 Å². The third-order valence-corrected chi connectivity index (χ3v) is 5.26. The SMILES string of the molecule is Cc1ccc(N2CCCC2)c(C(=O)N2CCC(O)(c3cn[nH]n3)C2)c1. The molecule has 25 heavy (non-hydrogen) atoms. The lowest BCUT2D eigenvalue weighted by molar-refractivity contribution is 0.0382. The van der Waals surface area contributed by atoms with Gasteiger partial charge < -0.3 is 14.9 Å². The van der Waals surface area contributed by atoms with Crippen LogP contribution in [0.2, 0.25) is 0 Å². The Bertz CT molecular complexity index is 770. The Morgan fingerprint density at radius 2 is 2.08 bits per heavy atom. The van der Waals surface area contributed by atoms with Gasteiger partial charge in [-0.25, -0.2) is 0 Å². The Kier molecular flexibility index (Phi) is 3.95. The molecule has 1 atom stereocenters. The lowest BCUT2D eigenvalue weighted by Gasteiger charge is -2.25. The molecule has 2 fully saturated rings. The predicted octanol–water partition coefficient (Wildman–Crippen LogP) is 1.45. The molecule has 132 valence electrons. The molecule has 4 rings (SSSR count). The zero-order chi connectivity index (χ0) is 17.4. The van der Waals surface area contributed by atoms with E-state index in [1.165, 1.54) is 6.20 Å². The van der Waals surface area contributed by atoms with Crippen LogP contribution in [0.15, 0.2) is 24.4 Å². The normalized spacial score (nSPS) is 23.4. The lowest BCUT2D eigenvalue weighted by atomic mass is 10.00. The number of nitrogens with zero attached hydrogens (tertiary/aromatic N) is 4. The molecule has 0 aliphatic carbocycles. The summed E-state index contributed by atoms with van der Waals surface area (Å²) >= 11 is 0. The minimum atomic E-state index is -1.12. The second-order valence-corrected chi connectivity index (χ2v) is 7.08. The summed E-state index contributed by atoms with van der Waals surface area (Å²) < 4.78 is 0. The topological polar surface area (TPSA) is 85.4 Å². The number of benzene rings is 1. The summed E-state index contributed by atoms with van der Waals surface area (Å²) in [5, 5.41) is 21.1. The summed E-state index contributed by atoms with van der Waals surface area (Å²) in [7, 11) is 0. The van der Waals surface area contributed by atoms with Crippen molar-refractivity contribution in [1.29, 1.82) is 0 Å². The number of aryl methyl sites for hydroxylation is 1. The minimum absolute atomic E-state index is 0.0231. The van der Waals surface area contributed by atoms with Crippen LogP contribution in [0.25, 0.3) is 0 Å². The second-order valence-electron chi connectivity index (χ2n) is 7.08. The van der Waals surface area contributed by atoms with E-state index in [1.807, 2.05) is 19.1 Å². The molecule has 2 N–H and O–H groups in total. The number of carbonyl (C=O) groups excluding carboxylic acids is 1. The van der Waals surface area contributed by atoms with Crippen molar-refractivity contribution >= 4 is 11.6 Å². The highest BCUT2D eigenvalue weighted by molar-refractivity contribution is 6.00. The van der Waals surface area contributed by atoms with Crippen LogP contribution in [0, 0.1) is 6.92 Å². The molecule has 1 unspecified atom stereocenters. The molecule has 0 saturated carbocycles. The van der Waals surface area contributed by atoms with E-state index in [2.05, 4.69) is 26.4 Å². The number of aromatic nitrogens is 3. The van der Waals surface area contributed by atoms with Crippen molar-refractivity contribution in [3.8, 4) is 0 Å². The van der Waals surface area contributed by atoms with E-state index < -0.39 is 5.60 Å². The standard InChI is InChI=1S/C18H23N5O2/c1-13-4-5-15(22-7-2-3-8-22)14(10-13)17(24)23-9-6-18(25,12-23)16-11-19-21-20-16/h4-5,10-11,25H,2-3,6-9,12H2,1H3,(H,19,20,21). The van der Waals surface area contributed by atoms with Crippen LogP contribution in [-0.2, 0) is 5.60 Å². The number of H-pyrrole nitrogens is 1. The number of likely N-dealkylation sites (tertiary alicyclic amines) is 1. The van der Waals surface area contributed by atoms with Gasteiger partial charge in [0, 0.05) is 31.7 Å². The van der Waals surface area contributed by atoms with Gasteiger partial charge in [-0.05, 0) is 31.9 Å². The monoisotopic (exact) mass is 341 g/mol. The number of nitrogens with one attached hydrogen (secondary N) is 1. The largest absolute Gasteiger partial charge is 0.381 e. The average Bonchev–Trinajstić information content (AvgIpc) is 3.35. The van der Waals surface area contributed by atoms with Crippen molar-refractivity contribution < 1.29 is 9.90 Å². The first-order valence-electron chi connectivity index (χ1n) is 8.80. The van der Waals surface area contributed by atoms with Crippen molar-refractivity contribution in [2.75, 3.05) is 31.1 Å². The van der Waals surface area contributed by atoms with Gasteiger partial charge in [-0.3, -0.25) is 4.79 Å². The van der Waals surface area contributed by atoms with E-state index in [0.29, 0.717) is 18.7 Å². The summed E-state index contributed by atoms with van der Waals surface area (Å²) in [6, 6.07) is 6.07. The molecular weight excluding hydrogens is 318 g/mol. The van der Waals surface area contributed by atoms with Crippen molar-refractivity contribution in [3.63, 3.8) is 0 Å². The Hall–Kier alpha value is -2.41. The van der Waals surface area contributed by atoms with Gasteiger partial charge in [0.2, 0.25) is 0 Å². The maximum atomic E-state index is 13.2. The molecule has 2 saturated heterocycles. The van der Waals surface area contributed by atoms with Crippen molar-refractivity contribution in [3.05, 3.63) is 41.2 Å². The summed E-state index contributed by atoms with van der Waals surface area (Å²) in [5.41, 5.74) is 2.17. The summed E-state index contributed by atoms with van der Waals surface area (Å²) in [6.07, 6.45) is 4.32. The molecule has 1 aromatic heterocycles. The molecule has 2 aliphatic rings. The number of aromatic amines is 1. The highest BCUT2D eigenvalue weighted by atomic mass is 16.3. The van der Waals surface area contributed by atoms with E-state index in [0.717, 1.165) is 42.7 Å². The molecule has 2 aromatic rings. The zero-order valence-electron chi connectivity index (χ0n) is 14.4. The fourth-order valence-electron chi connectivity index (χ4n) is 3.83. The average molecular weight is 341 g/mol. The van der Waals surface area contributed by atoms with Gasteiger partial charge in [-0.15, -0.1) is 0 Å². The fourth-order valence-corrected chi connectivity index (χ4v) is 3.83. The van der Waals surface area contributed by atoms with Gasteiger partial charge in [0.1, 0.15) is 11.3 Å². The second kappa shape index (κ2) is 6.15. The van der Waals surface area contributed by atoms with Crippen LogP contribution in [0.5, 0.6) is 0 Å². The van der Waals surface area contributed by atoms with E-state index >= 15 is 0 Å². The van der Waals surface area contributed by atoms with E-state index in [9.17, 15) is 9.90 Å². The van der Waals surface area contributed by atoms with Crippen molar-refractivity contribution in [2.45, 2.75) is 31.8 Å². The number of anilines is 1. The molecule has 0 bridgehead atoms. The molecule has 1 aromatic carbocycles. The summed E-state index contributed by atoms with van der Waals surface area (Å²) in [4.78, 5) is 17.2. The van der Waals surface area contributed by atoms with Gasteiger partial charge in [0.15, 0.2) is 0 Å². The maximum absolute atomic E-state index is 13.2. The van der Waals surface area contributed by atoms with Crippen LogP contribution in [-0.4, -0.2) is 57.5 Å². The smallest absolute Gasteiger partial charge is 0.256 e. The Morgan fingerprint density at radius 1 is 1.28 bits per heavy atom. The first kappa shape index (κ1) is 16.1. The van der Waals surface area contributed by atoms with Gasteiger partial charge in [0.25, 0.3) is 5.91 Å². The molecular formula is C18H23N5O2. The maximum Gasteiger partial charge on any atom is 0.256 e. The van der Waals surface area contributed by atoms with Crippen LogP contribution < -0.4 is 4.90 Å². The lowest BCUT2D eigenvalue weighted by Crippen LogP contribution is -2.35. The van der Waals surface area contributed by atoms with E-state index in [4.69, 9.17) is 0 Å². The highest BCUT2D eigenvalue weighted by Crippen LogP contribution is 2.33. The minimum Gasteiger partial charge on any atom is -0.381 e. The van der Waals surface area contributed by atoms with Crippen LogP contribution in [0.1, 0.15) is 40.9 Å². The van der Waals surface area contributed by atoms with Crippen molar-refractivity contribution in [1.82, 2.24) is 20.3 Å². The van der Waals surface area contributed by atoms with Crippen LogP contribution >= 0.6 is 0 Å². The first-order valence-corrected chi connectivity index (χ1v) is 8.80. The molecule has 7 nitrogen and oxygen atoms in total. The molecule has 2 aliphatic heterocycles. The summed E-state index contributed by atoms with van der Waals surface area (Å²) in [5.74, 6) is -0.0231. The number of carbonyl (C=O) groups is 1. The van der Waals surface area contributed by atoms with Gasteiger partial charge in [0.05, 0.1) is 18.3 Å². The zero-order valence-corrected chi connectivity index (χ0v) is 14.4. The number of aliphatic hydroxyl groups is 1. The van der Waals surface area contributed by atoms with Crippen LogP contribution in [0.3, 0.4) is 0 Å². The van der Waals surface area contributed by atoms with Gasteiger partial charge in [-0.2, -0.15) is 15.4 Å². The Morgan fingerprint density at radius 3 is 2.80 bits per heavy atom. The fraction of sp³-hybridized carbons (Fsp3) is 0.500. The third-order valence-electron chi connectivity index (χ3n) is 5.26. The molecule has 3 heterocycles. The highest BCUT2D eigenvalue weighted by Gasteiger charge is 2.42. The molecule has 0 radical (unpaired) electrons. The Labute approximate surface area is 146 Å². The quantitative estimate of drug-likeness (QED) is 0.882. The number of hydrogen-bond acceptors (Lipinski definition) is 5. The molecule has 0 spiro atoms. The molecule has 1 amide bonds. The summed E-state index contributed by atoms with van der Waals surface area (Å²) in [6.45, 7) is 4.74. The van der Waals surface area contributed by atoms with E-state index in [-0.39, 0.29) is 12.5 Å². The Balaban J connectivity index is 1.60. The molecule has 7 heteroatoms. The van der Waals surface area contributed by atoms with Crippen LogP contribution in [0.4, 0.5) is 5.69 Å². The first-order chi connectivity index (χ1) is 12.1.